The van der Waals surface area contributed by atoms with Crippen molar-refractivity contribution >= 4 is 17.6 Å². The van der Waals surface area contributed by atoms with E-state index < -0.39 is 0 Å². The fraction of sp³-hybridized carbons (Fsp3) is 0.174. The highest BCUT2D eigenvalue weighted by atomic mass is 16.5. The monoisotopic (exact) mass is 388 g/mol. The topological polar surface area (TPSA) is 68.7 Å². The summed E-state index contributed by atoms with van der Waals surface area (Å²) in [7, 11) is 1.36. The van der Waals surface area contributed by atoms with Gasteiger partial charge in [0.1, 0.15) is 5.75 Å². The molecule has 2 aromatic carbocycles. The number of nitrogens with zero attached hydrogens (tertiary/aromatic N) is 2. The fourth-order valence-corrected chi connectivity index (χ4v) is 3.47. The van der Waals surface area contributed by atoms with Crippen molar-refractivity contribution in [1.82, 2.24) is 4.98 Å². The molecule has 4 rings (SSSR count). The van der Waals surface area contributed by atoms with Gasteiger partial charge in [0, 0.05) is 24.5 Å². The number of esters is 1. The largest absolute Gasteiger partial charge is 0.465 e. The van der Waals surface area contributed by atoms with E-state index in [0.717, 1.165) is 24.1 Å². The molecule has 1 aliphatic rings. The normalized spacial score (nSPS) is 12.8. The highest BCUT2D eigenvalue weighted by molar-refractivity contribution is 6.07. The summed E-state index contributed by atoms with van der Waals surface area (Å²) < 4.78 is 10.6. The van der Waals surface area contributed by atoms with Crippen LogP contribution in [0.3, 0.4) is 0 Å². The number of amides is 1. The first kappa shape index (κ1) is 18.7. The van der Waals surface area contributed by atoms with Gasteiger partial charge in [-0.05, 0) is 48.7 Å². The average molecular weight is 388 g/mol. The summed E-state index contributed by atoms with van der Waals surface area (Å²) in [6.07, 6.45) is 3.01. The first-order chi connectivity index (χ1) is 14.2. The maximum absolute atomic E-state index is 13.1. The Hall–Kier alpha value is -3.67. The zero-order chi connectivity index (χ0) is 20.2. The molecule has 1 aliphatic heterocycles. The molecular formula is C23H20N2O4. The molecule has 0 aliphatic carbocycles. The number of pyridine rings is 1. The Morgan fingerprint density at radius 1 is 1.00 bits per heavy atom. The van der Waals surface area contributed by atoms with Crippen LogP contribution >= 0.6 is 0 Å². The van der Waals surface area contributed by atoms with Gasteiger partial charge < -0.3 is 14.4 Å². The highest BCUT2D eigenvalue weighted by Gasteiger charge is 2.27. The van der Waals surface area contributed by atoms with Crippen LogP contribution in [-0.2, 0) is 11.2 Å². The van der Waals surface area contributed by atoms with Crippen LogP contribution in [0.15, 0.2) is 66.9 Å². The number of hydrogen-bond acceptors (Lipinski definition) is 5. The summed E-state index contributed by atoms with van der Waals surface area (Å²) in [6.45, 7) is 0.582. The van der Waals surface area contributed by atoms with Gasteiger partial charge in [-0.15, -0.1) is 0 Å². The third kappa shape index (κ3) is 3.82. The van der Waals surface area contributed by atoms with Gasteiger partial charge in [-0.1, -0.05) is 24.3 Å². The summed E-state index contributed by atoms with van der Waals surface area (Å²) in [5, 5.41) is 0. The van der Waals surface area contributed by atoms with Gasteiger partial charge in [-0.25, -0.2) is 9.78 Å². The van der Waals surface area contributed by atoms with Crippen LogP contribution < -0.4 is 9.64 Å². The summed E-state index contributed by atoms with van der Waals surface area (Å²) in [6, 6.07) is 18.1. The Labute approximate surface area is 168 Å². The van der Waals surface area contributed by atoms with Crippen molar-refractivity contribution in [1.29, 1.82) is 0 Å². The number of methoxy groups -OCH3 is 1. The number of aromatic nitrogens is 1. The summed E-state index contributed by atoms with van der Waals surface area (Å²) in [5.41, 5.74) is 2.55. The molecule has 1 amide bonds. The molecule has 0 bridgehead atoms. The lowest BCUT2D eigenvalue weighted by atomic mass is 9.95. The lowest BCUT2D eigenvalue weighted by Gasteiger charge is -2.30. The van der Waals surface area contributed by atoms with Crippen LogP contribution in [-0.4, -0.2) is 30.5 Å². The number of ether oxygens (including phenoxy) is 2. The standard InChI is InChI=1S/C23H20N2O4/c1-28-23(27)19-9-5-11-20-18(19)10-6-14-25(20)22(26)16-12-13-21(24-15-16)29-17-7-3-2-4-8-17/h2-5,7-9,11-13,15H,6,10,14H2,1H3. The van der Waals surface area contributed by atoms with Gasteiger partial charge in [0.05, 0.1) is 18.2 Å². The zero-order valence-corrected chi connectivity index (χ0v) is 16.0. The molecule has 0 radical (unpaired) electrons. The van der Waals surface area contributed by atoms with E-state index >= 15 is 0 Å². The molecule has 0 saturated heterocycles. The number of fused-ring (bicyclic) bond motifs is 1. The van der Waals surface area contributed by atoms with Crippen molar-refractivity contribution in [3.05, 3.63) is 83.6 Å². The van der Waals surface area contributed by atoms with Crippen molar-refractivity contribution in [3.63, 3.8) is 0 Å². The Bertz CT molecular complexity index is 1030. The van der Waals surface area contributed by atoms with Gasteiger partial charge in [0.15, 0.2) is 0 Å². The molecule has 0 unspecified atom stereocenters. The van der Waals surface area contributed by atoms with Crippen LogP contribution in [0.25, 0.3) is 0 Å². The highest BCUT2D eigenvalue weighted by Crippen LogP contribution is 2.31. The summed E-state index contributed by atoms with van der Waals surface area (Å²) in [4.78, 5) is 31.1. The third-order valence-corrected chi connectivity index (χ3v) is 4.85. The average Bonchev–Trinajstić information content (AvgIpc) is 2.78. The molecule has 6 nitrogen and oxygen atoms in total. The minimum Gasteiger partial charge on any atom is -0.465 e. The Balaban J connectivity index is 1.57. The minimum absolute atomic E-state index is 0.160. The van der Waals surface area contributed by atoms with E-state index in [4.69, 9.17) is 9.47 Å². The molecule has 6 heteroatoms. The Morgan fingerprint density at radius 2 is 1.83 bits per heavy atom. The molecular weight excluding hydrogens is 368 g/mol. The molecule has 0 atom stereocenters. The predicted octanol–water partition coefficient (Wildman–Crippen LogP) is 4.25. The van der Waals surface area contributed by atoms with E-state index in [1.54, 1.807) is 29.2 Å². The maximum Gasteiger partial charge on any atom is 0.338 e. The van der Waals surface area contributed by atoms with Crippen molar-refractivity contribution in [2.24, 2.45) is 0 Å². The molecule has 3 aromatic rings. The van der Waals surface area contributed by atoms with E-state index in [1.165, 1.54) is 13.3 Å². The van der Waals surface area contributed by atoms with Gasteiger partial charge in [0.2, 0.25) is 5.88 Å². The maximum atomic E-state index is 13.1. The molecule has 0 N–H and O–H groups in total. The van der Waals surface area contributed by atoms with E-state index in [2.05, 4.69) is 4.98 Å². The van der Waals surface area contributed by atoms with Crippen LogP contribution in [0.5, 0.6) is 11.6 Å². The fourth-order valence-electron chi connectivity index (χ4n) is 3.47. The van der Waals surface area contributed by atoms with Gasteiger partial charge >= 0.3 is 5.97 Å². The molecule has 0 fully saturated rings. The van der Waals surface area contributed by atoms with E-state index in [9.17, 15) is 9.59 Å². The van der Waals surface area contributed by atoms with E-state index in [1.807, 2.05) is 36.4 Å². The van der Waals surface area contributed by atoms with E-state index in [0.29, 0.717) is 29.3 Å². The number of benzene rings is 2. The van der Waals surface area contributed by atoms with Crippen molar-refractivity contribution in [3.8, 4) is 11.6 Å². The zero-order valence-electron chi connectivity index (χ0n) is 16.0. The van der Waals surface area contributed by atoms with Crippen molar-refractivity contribution in [2.45, 2.75) is 12.8 Å². The second-order valence-electron chi connectivity index (χ2n) is 6.66. The van der Waals surface area contributed by atoms with Crippen LogP contribution in [0.1, 0.15) is 32.7 Å². The number of anilines is 1. The van der Waals surface area contributed by atoms with Crippen LogP contribution in [0.2, 0.25) is 0 Å². The lowest BCUT2D eigenvalue weighted by Crippen LogP contribution is -2.36. The summed E-state index contributed by atoms with van der Waals surface area (Å²) in [5.74, 6) is 0.547. The van der Waals surface area contributed by atoms with Gasteiger partial charge in [0.25, 0.3) is 5.91 Å². The molecule has 29 heavy (non-hydrogen) atoms. The summed E-state index contributed by atoms with van der Waals surface area (Å²) >= 11 is 0. The molecule has 146 valence electrons. The van der Waals surface area contributed by atoms with Crippen LogP contribution in [0, 0.1) is 0 Å². The quantitative estimate of drug-likeness (QED) is 0.625. The van der Waals surface area contributed by atoms with Gasteiger partial charge in [-0.3, -0.25) is 4.79 Å². The number of hydrogen-bond donors (Lipinski definition) is 0. The third-order valence-electron chi connectivity index (χ3n) is 4.85. The van der Waals surface area contributed by atoms with Crippen molar-refractivity contribution < 1.29 is 19.1 Å². The first-order valence-corrected chi connectivity index (χ1v) is 9.38. The first-order valence-electron chi connectivity index (χ1n) is 9.38. The lowest BCUT2D eigenvalue weighted by molar-refractivity contribution is 0.0599. The van der Waals surface area contributed by atoms with Crippen LogP contribution in [0.4, 0.5) is 5.69 Å². The SMILES string of the molecule is COC(=O)c1cccc2c1CCCN2C(=O)c1ccc(Oc2ccccc2)nc1. The minimum atomic E-state index is -0.389. The second-order valence-corrected chi connectivity index (χ2v) is 6.66. The number of para-hydroxylation sites is 1. The smallest absolute Gasteiger partial charge is 0.338 e. The molecule has 2 heterocycles. The van der Waals surface area contributed by atoms with Gasteiger partial charge in [-0.2, -0.15) is 0 Å². The number of rotatable bonds is 4. The predicted molar refractivity (Wildman–Crippen MR) is 109 cm³/mol. The molecule has 0 spiro atoms. The Kier molecular flexibility index (Phi) is 5.24. The number of carbonyl (C=O) groups is 2. The molecule has 0 saturated carbocycles. The number of carbonyl (C=O) groups excluding carboxylic acids is 2. The van der Waals surface area contributed by atoms with Crippen molar-refractivity contribution in [2.75, 3.05) is 18.6 Å². The second kappa shape index (κ2) is 8.14. The Morgan fingerprint density at radius 3 is 2.55 bits per heavy atom. The molecule has 1 aromatic heterocycles. The van der Waals surface area contributed by atoms with E-state index in [-0.39, 0.29) is 11.9 Å².